The van der Waals surface area contributed by atoms with E-state index in [4.69, 9.17) is 9.47 Å². The van der Waals surface area contributed by atoms with Crippen LogP contribution in [-0.2, 0) is 6.42 Å². The second kappa shape index (κ2) is 12.4. The molecular weight excluding hydrogens is 441 g/mol. The number of aliphatic imine (C=N–C) groups is 1. The van der Waals surface area contributed by atoms with Gasteiger partial charge in [-0.3, -0.25) is 4.99 Å². The van der Waals surface area contributed by atoms with Crippen molar-refractivity contribution in [3.05, 3.63) is 60.2 Å². The van der Waals surface area contributed by atoms with E-state index in [-0.39, 0.29) is 30.1 Å². The highest BCUT2D eigenvalue weighted by Gasteiger charge is 2.06. The first kappa shape index (κ1) is 22.1. The van der Waals surface area contributed by atoms with Gasteiger partial charge >= 0.3 is 0 Å². The molecule has 2 aromatic carbocycles. The standard InChI is InChI=1S/C20H27N3O2.HI/c1-16(25-18-10-5-4-6-11-18)15-23-20(21-2)22-14-13-17-9-7-8-12-19(17)24-3;/h4-12,16H,13-15H2,1-3H3,(H2,21,22,23);1H. The molecule has 5 nitrogen and oxygen atoms in total. The van der Waals surface area contributed by atoms with Crippen molar-refractivity contribution in [1.82, 2.24) is 10.6 Å². The molecule has 0 aromatic heterocycles. The van der Waals surface area contributed by atoms with Crippen molar-refractivity contribution in [2.75, 3.05) is 27.2 Å². The largest absolute Gasteiger partial charge is 0.496 e. The summed E-state index contributed by atoms with van der Waals surface area (Å²) < 4.78 is 11.2. The van der Waals surface area contributed by atoms with Gasteiger partial charge in [0.25, 0.3) is 0 Å². The Morgan fingerprint density at radius 3 is 2.42 bits per heavy atom. The third kappa shape index (κ3) is 7.51. The lowest BCUT2D eigenvalue weighted by Gasteiger charge is -2.18. The van der Waals surface area contributed by atoms with Gasteiger partial charge in [-0.15, -0.1) is 24.0 Å². The van der Waals surface area contributed by atoms with Crippen LogP contribution in [0.25, 0.3) is 0 Å². The lowest BCUT2D eigenvalue weighted by Crippen LogP contribution is -2.42. The Balaban J connectivity index is 0.00000338. The van der Waals surface area contributed by atoms with Crippen LogP contribution in [0.15, 0.2) is 59.6 Å². The van der Waals surface area contributed by atoms with Crippen LogP contribution in [0.1, 0.15) is 12.5 Å². The van der Waals surface area contributed by atoms with E-state index in [1.807, 2.05) is 55.5 Å². The van der Waals surface area contributed by atoms with Crippen molar-refractivity contribution in [3.63, 3.8) is 0 Å². The zero-order valence-corrected chi connectivity index (χ0v) is 17.9. The molecule has 0 bridgehead atoms. The number of hydrogen-bond donors (Lipinski definition) is 2. The van der Waals surface area contributed by atoms with Gasteiger partial charge in [-0.1, -0.05) is 36.4 Å². The number of nitrogens with zero attached hydrogens (tertiary/aromatic N) is 1. The number of ether oxygens (including phenoxy) is 2. The van der Waals surface area contributed by atoms with Gasteiger partial charge in [-0.2, -0.15) is 0 Å². The summed E-state index contributed by atoms with van der Waals surface area (Å²) in [5, 5.41) is 6.60. The van der Waals surface area contributed by atoms with Gasteiger partial charge in [0.05, 0.1) is 13.7 Å². The number of para-hydroxylation sites is 2. The van der Waals surface area contributed by atoms with Crippen LogP contribution in [0, 0.1) is 0 Å². The van der Waals surface area contributed by atoms with Gasteiger partial charge in [-0.05, 0) is 37.1 Å². The van der Waals surface area contributed by atoms with Crippen molar-refractivity contribution in [1.29, 1.82) is 0 Å². The minimum Gasteiger partial charge on any atom is -0.496 e. The predicted molar refractivity (Wildman–Crippen MR) is 118 cm³/mol. The maximum Gasteiger partial charge on any atom is 0.191 e. The zero-order valence-electron chi connectivity index (χ0n) is 15.6. The maximum absolute atomic E-state index is 5.85. The van der Waals surface area contributed by atoms with E-state index < -0.39 is 0 Å². The molecule has 0 fully saturated rings. The Morgan fingerprint density at radius 2 is 1.73 bits per heavy atom. The maximum atomic E-state index is 5.85. The minimum absolute atomic E-state index is 0. The Kier molecular flexibility index (Phi) is 10.5. The van der Waals surface area contributed by atoms with E-state index in [9.17, 15) is 0 Å². The molecule has 142 valence electrons. The molecule has 0 radical (unpaired) electrons. The summed E-state index contributed by atoms with van der Waals surface area (Å²) in [4.78, 5) is 4.25. The normalized spacial score (nSPS) is 11.9. The third-order valence-electron chi connectivity index (χ3n) is 3.74. The van der Waals surface area contributed by atoms with Gasteiger partial charge in [0.15, 0.2) is 5.96 Å². The molecule has 0 aliphatic rings. The quantitative estimate of drug-likeness (QED) is 0.353. The highest BCUT2D eigenvalue weighted by molar-refractivity contribution is 14.0. The lowest BCUT2D eigenvalue weighted by atomic mass is 10.1. The van der Waals surface area contributed by atoms with E-state index in [0.717, 1.165) is 30.4 Å². The number of hydrogen-bond acceptors (Lipinski definition) is 3. The molecule has 0 heterocycles. The monoisotopic (exact) mass is 469 g/mol. The van der Waals surface area contributed by atoms with Gasteiger partial charge < -0.3 is 20.1 Å². The number of methoxy groups -OCH3 is 1. The van der Waals surface area contributed by atoms with Crippen LogP contribution in [0.4, 0.5) is 0 Å². The minimum atomic E-state index is 0. The van der Waals surface area contributed by atoms with Crippen LogP contribution in [0.3, 0.4) is 0 Å². The van der Waals surface area contributed by atoms with Crippen LogP contribution < -0.4 is 20.1 Å². The molecule has 26 heavy (non-hydrogen) atoms. The molecule has 1 atom stereocenters. The first-order chi connectivity index (χ1) is 12.2. The summed E-state index contributed by atoms with van der Waals surface area (Å²) in [6, 6.07) is 17.9. The van der Waals surface area contributed by atoms with Crippen molar-refractivity contribution in [2.45, 2.75) is 19.4 Å². The molecule has 0 saturated carbocycles. The molecule has 2 aromatic rings. The van der Waals surface area contributed by atoms with Crippen molar-refractivity contribution in [3.8, 4) is 11.5 Å². The molecule has 2 rings (SSSR count). The summed E-state index contributed by atoms with van der Waals surface area (Å²) in [5.74, 6) is 2.55. The molecule has 0 spiro atoms. The Bertz CT molecular complexity index is 665. The van der Waals surface area contributed by atoms with E-state index in [2.05, 4.69) is 21.7 Å². The number of benzene rings is 2. The van der Waals surface area contributed by atoms with Crippen molar-refractivity contribution >= 4 is 29.9 Å². The second-order valence-corrected chi connectivity index (χ2v) is 5.68. The molecule has 0 amide bonds. The molecule has 0 aliphatic carbocycles. The molecule has 1 unspecified atom stereocenters. The summed E-state index contributed by atoms with van der Waals surface area (Å²) in [6.45, 7) is 3.47. The van der Waals surface area contributed by atoms with Crippen LogP contribution in [0.2, 0.25) is 0 Å². The second-order valence-electron chi connectivity index (χ2n) is 5.68. The summed E-state index contributed by atoms with van der Waals surface area (Å²) in [6.07, 6.45) is 0.899. The van der Waals surface area contributed by atoms with Gasteiger partial charge in [0, 0.05) is 13.6 Å². The first-order valence-electron chi connectivity index (χ1n) is 8.51. The van der Waals surface area contributed by atoms with Gasteiger partial charge in [0.2, 0.25) is 0 Å². The number of guanidine groups is 1. The first-order valence-corrected chi connectivity index (χ1v) is 8.51. The van der Waals surface area contributed by atoms with Crippen molar-refractivity contribution < 1.29 is 9.47 Å². The molecule has 0 saturated heterocycles. The van der Waals surface area contributed by atoms with Crippen LogP contribution in [0.5, 0.6) is 11.5 Å². The van der Waals surface area contributed by atoms with E-state index in [0.29, 0.717) is 6.54 Å². The van der Waals surface area contributed by atoms with Crippen molar-refractivity contribution in [2.24, 2.45) is 4.99 Å². The highest BCUT2D eigenvalue weighted by atomic mass is 127. The number of rotatable bonds is 8. The Labute approximate surface area is 173 Å². The van der Waals surface area contributed by atoms with E-state index in [1.54, 1.807) is 14.2 Å². The van der Waals surface area contributed by atoms with E-state index >= 15 is 0 Å². The average molecular weight is 469 g/mol. The highest BCUT2D eigenvalue weighted by Crippen LogP contribution is 2.17. The van der Waals surface area contributed by atoms with Gasteiger partial charge in [0.1, 0.15) is 17.6 Å². The molecule has 0 aliphatic heterocycles. The smallest absolute Gasteiger partial charge is 0.191 e. The molecule has 2 N–H and O–H groups in total. The predicted octanol–water partition coefficient (Wildman–Crippen LogP) is 3.49. The number of halogens is 1. The molecule has 6 heteroatoms. The molecular formula is C20H28IN3O2. The Morgan fingerprint density at radius 1 is 1.04 bits per heavy atom. The fourth-order valence-electron chi connectivity index (χ4n) is 2.46. The summed E-state index contributed by atoms with van der Waals surface area (Å²) >= 11 is 0. The van der Waals surface area contributed by atoms with Gasteiger partial charge in [-0.25, -0.2) is 0 Å². The SMILES string of the molecule is CN=C(NCCc1ccccc1OC)NCC(C)Oc1ccccc1.I. The average Bonchev–Trinajstić information content (AvgIpc) is 2.65. The fourth-order valence-corrected chi connectivity index (χ4v) is 2.46. The Hall–Kier alpha value is -1.96. The zero-order chi connectivity index (χ0) is 17.9. The van der Waals surface area contributed by atoms with Crippen LogP contribution >= 0.6 is 24.0 Å². The number of nitrogens with one attached hydrogen (secondary N) is 2. The summed E-state index contributed by atoms with van der Waals surface area (Å²) in [5.41, 5.74) is 1.17. The fraction of sp³-hybridized carbons (Fsp3) is 0.350. The van der Waals surface area contributed by atoms with Crippen LogP contribution in [-0.4, -0.2) is 39.3 Å². The topological polar surface area (TPSA) is 54.9 Å². The summed E-state index contributed by atoms with van der Waals surface area (Å²) in [7, 11) is 3.46. The van der Waals surface area contributed by atoms with E-state index in [1.165, 1.54) is 5.56 Å². The third-order valence-corrected chi connectivity index (χ3v) is 3.74. The lowest BCUT2D eigenvalue weighted by molar-refractivity contribution is 0.224.